The average Bonchev–Trinajstić information content (AvgIpc) is 3.04. The van der Waals surface area contributed by atoms with E-state index in [2.05, 4.69) is 35.6 Å². The highest BCUT2D eigenvalue weighted by Gasteiger charge is 2.25. The number of hydrogen-bond donors (Lipinski definition) is 5. The minimum absolute atomic E-state index is 0.0454. The van der Waals surface area contributed by atoms with Crippen molar-refractivity contribution in [3.05, 3.63) is 84.8 Å². The number of nitrogens with zero attached hydrogens (tertiary/aromatic N) is 6. The summed E-state index contributed by atoms with van der Waals surface area (Å²) in [5.41, 5.74) is 11.7. The van der Waals surface area contributed by atoms with E-state index in [1.165, 1.54) is 34.8 Å². The first-order valence-electron chi connectivity index (χ1n) is 13.9. The van der Waals surface area contributed by atoms with E-state index in [9.17, 15) is 14.7 Å². The summed E-state index contributed by atoms with van der Waals surface area (Å²) in [7, 11) is 0. The van der Waals surface area contributed by atoms with E-state index >= 15 is 0 Å². The van der Waals surface area contributed by atoms with Gasteiger partial charge in [0.25, 0.3) is 11.5 Å². The van der Waals surface area contributed by atoms with Gasteiger partial charge in [0.1, 0.15) is 26.2 Å². The second kappa shape index (κ2) is 14.2. The summed E-state index contributed by atoms with van der Waals surface area (Å²) < 4.78 is 1.39. The third-order valence-electron chi connectivity index (χ3n) is 6.89. The molecule has 48 heavy (non-hydrogen) atoms. The van der Waals surface area contributed by atoms with Gasteiger partial charge in [0.05, 0.1) is 33.8 Å². The number of nitrogens with one attached hydrogen (secondary N) is 2. The van der Waals surface area contributed by atoms with E-state index in [4.69, 9.17) is 57.9 Å². The van der Waals surface area contributed by atoms with E-state index in [-0.39, 0.29) is 37.7 Å². The highest BCUT2D eigenvalue weighted by Crippen LogP contribution is 2.43. The number of nitrogens with two attached hydrogens (primary N) is 2. The number of hydrogen-bond acceptors (Lipinski definition) is 13. The number of nitrogen functional groups attached to an aromatic ring is 2. The fourth-order valence-electron chi connectivity index (χ4n) is 4.69. The first-order chi connectivity index (χ1) is 23.0. The summed E-state index contributed by atoms with van der Waals surface area (Å²) in [5.74, 6) is -0.889. The molecule has 7 N–H and O–H groups in total. The second-order valence-corrected chi connectivity index (χ2v) is 13.7. The third-order valence-corrected chi connectivity index (χ3v) is 10.4. The lowest BCUT2D eigenvalue weighted by Crippen LogP contribution is -2.34. The largest absolute Gasteiger partial charge is 0.493 e. The summed E-state index contributed by atoms with van der Waals surface area (Å²) >= 11 is 27.7. The fourth-order valence-corrected chi connectivity index (χ4v) is 7.19. The minimum Gasteiger partial charge on any atom is -0.493 e. The van der Waals surface area contributed by atoms with Crippen molar-refractivity contribution in [2.24, 2.45) is 0 Å². The van der Waals surface area contributed by atoms with Crippen molar-refractivity contribution in [1.29, 1.82) is 0 Å². The van der Waals surface area contributed by atoms with Crippen LogP contribution in [0, 0.1) is 0 Å². The molecule has 0 spiro atoms. The van der Waals surface area contributed by atoms with Crippen LogP contribution in [0.25, 0.3) is 0 Å². The van der Waals surface area contributed by atoms with Crippen molar-refractivity contribution in [2.75, 3.05) is 22.1 Å². The van der Waals surface area contributed by atoms with Gasteiger partial charge in [0, 0.05) is 28.4 Å². The van der Waals surface area contributed by atoms with E-state index in [0.29, 0.717) is 50.0 Å². The number of benzene rings is 2. The molecule has 0 saturated carbocycles. The number of amides is 1. The molecule has 0 bridgehead atoms. The Morgan fingerprint density at radius 2 is 1.65 bits per heavy atom. The number of rotatable bonds is 8. The van der Waals surface area contributed by atoms with Gasteiger partial charge in [0.2, 0.25) is 5.88 Å². The highest BCUT2D eigenvalue weighted by molar-refractivity contribution is 7.99. The van der Waals surface area contributed by atoms with Gasteiger partial charge in [-0.2, -0.15) is 4.98 Å². The maximum absolute atomic E-state index is 13.6. The molecule has 0 unspecified atom stereocenters. The predicted molar refractivity (Wildman–Crippen MR) is 188 cm³/mol. The van der Waals surface area contributed by atoms with E-state index in [1.807, 2.05) is 0 Å². The summed E-state index contributed by atoms with van der Waals surface area (Å²) in [6.45, 7) is 0.383. The lowest BCUT2D eigenvalue weighted by atomic mass is 10.1. The molecular weight excluding hydrogens is 742 g/mol. The molecule has 0 radical (unpaired) electrons. The molecular formula is C29H22Cl4N10O3S2. The van der Waals surface area contributed by atoms with Crippen molar-refractivity contribution in [1.82, 2.24) is 29.5 Å². The van der Waals surface area contributed by atoms with Gasteiger partial charge in [-0.15, -0.1) is 0 Å². The van der Waals surface area contributed by atoms with Crippen molar-refractivity contribution >= 4 is 105 Å². The van der Waals surface area contributed by atoms with Crippen LogP contribution in [-0.2, 0) is 13.0 Å². The predicted octanol–water partition coefficient (Wildman–Crippen LogP) is 6.94. The Morgan fingerprint density at radius 1 is 0.917 bits per heavy atom. The van der Waals surface area contributed by atoms with Crippen LogP contribution in [0.15, 0.2) is 67.4 Å². The lowest BCUT2D eigenvalue weighted by molar-refractivity contribution is 0.102. The van der Waals surface area contributed by atoms with Gasteiger partial charge in [-0.3, -0.25) is 14.2 Å². The van der Waals surface area contributed by atoms with Crippen LogP contribution in [0.2, 0.25) is 20.4 Å². The zero-order valence-electron chi connectivity index (χ0n) is 24.3. The number of fused-ring (bicyclic) bond motifs is 1. The molecule has 19 heteroatoms. The number of carbonyl (C=O) groups excluding carboxylic acids is 1. The molecule has 1 aliphatic rings. The molecule has 0 fully saturated rings. The fraction of sp³-hybridized carbons (Fsp3) is 0.138. The summed E-state index contributed by atoms with van der Waals surface area (Å²) in [6.07, 6.45) is 4.78. The van der Waals surface area contributed by atoms with E-state index in [0.717, 1.165) is 24.6 Å². The number of aryl methyl sites for hydroxylation is 1. The Morgan fingerprint density at radius 3 is 2.42 bits per heavy atom. The normalized spacial score (nSPS) is 12.4. The first-order valence-corrected chi connectivity index (χ1v) is 17.1. The van der Waals surface area contributed by atoms with Crippen molar-refractivity contribution < 1.29 is 9.90 Å². The Kier molecular flexibility index (Phi) is 10.1. The molecule has 2 aromatic carbocycles. The Labute approximate surface area is 300 Å². The van der Waals surface area contributed by atoms with Crippen LogP contribution in [-0.4, -0.2) is 40.5 Å². The summed E-state index contributed by atoms with van der Waals surface area (Å²) in [4.78, 5) is 49.0. The zero-order valence-corrected chi connectivity index (χ0v) is 29.0. The van der Waals surface area contributed by atoms with Gasteiger partial charge in [-0.25, -0.2) is 19.9 Å². The molecule has 13 nitrogen and oxygen atoms in total. The number of anilines is 5. The van der Waals surface area contributed by atoms with Crippen LogP contribution in [0.5, 0.6) is 5.88 Å². The molecule has 5 aromatic rings. The molecule has 246 valence electrons. The molecule has 3 aromatic heterocycles. The standard InChI is InChI=1S/C29H22Cl4N10O3S2/c30-17-10-36-27(23(35)40-17)48-16-9-12(38-24-28(37-11-18(31)41-24)47-15-5-3-4-13(34)21(15)32)8-14(22(16)33)39-25(44)20-26(45)42-19-6-1-2-7-43(19)29(20)46/h3-5,8-11,45H,1-2,6-7,34H2,(H2,35,40)(H,38,41)(H,39,44). The maximum Gasteiger partial charge on any atom is 0.270 e. The second-order valence-electron chi connectivity index (χ2n) is 10.1. The zero-order chi connectivity index (χ0) is 34.1. The molecule has 6 rings (SSSR count). The molecule has 4 heterocycles. The van der Waals surface area contributed by atoms with Crippen LogP contribution in [0.3, 0.4) is 0 Å². The summed E-state index contributed by atoms with van der Waals surface area (Å²) in [6, 6.07) is 8.36. The number of halogens is 4. The Balaban J connectivity index is 1.41. The van der Waals surface area contributed by atoms with Gasteiger partial charge < -0.3 is 27.2 Å². The van der Waals surface area contributed by atoms with Crippen LogP contribution >= 0.6 is 69.9 Å². The van der Waals surface area contributed by atoms with Gasteiger partial charge in [-0.1, -0.05) is 76.0 Å². The minimum atomic E-state index is -0.915. The highest BCUT2D eigenvalue weighted by atomic mass is 35.5. The molecule has 0 aliphatic carbocycles. The van der Waals surface area contributed by atoms with Gasteiger partial charge >= 0.3 is 0 Å². The quantitative estimate of drug-likeness (QED) is 0.102. The van der Waals surface area contributed by atoms with Crippen LogP contribution in [0.1, 0.15) is 29.0 Å². The SMILES string of the molecule is Nc1cccc(Sc2ncc(Cl)nc2Nc2cc(NC(=O)c3c(O)nc4n(c3=O)CCCC4)c(Cl)c(Sc3ncc(Cl)nc3N)c2)c1Cl. The van der Waals surface area contributed by atoms with Crippen molar-refractivity contribution in [3.63, 3.8) is 0 Å². The first kappa shape index (κ1) is 33.9. The maximum atomic E-state index is 13.6. The molecule has 0 saturated heterocycles. The van der Waals surface area contributed by atoms with Crippen LogP contribution < -0.4 is 27.7 Å². The lowest BCUT2D eigenvalue weighted by Gasteiger charge is -2.19. The summed E-state index contributed by atoms with van der Waals surface area (Å²) in [5, 5.41) is 17.7. The van der Waals surface area contributed by atoms with Gasteiger partial charge in [0.15, 0.2) is 17.2 Å². The van der Waals surface area contributed by atoms with Crippen molar-refractivity contribution in [2.45, 2.75) is 45.7 Å². The Hall–Kier alpha value is -3.99. The van der Waals surface area contributed by atoms with E-state index in [1.54, 1.807) is 24.3 Å². The third kappa shape index (κ3) is 7.21. The Bertz CT molecular complexity index is 2150. The van der Waals surface area contributed by atoms with E-state index < -0.39 is 22.9 Å². The molecule has 0 atom stereocenters. The average molecular weight is 765 g/mol. The topological polar surface area (TPSA) is 200 Å². The van der Waals surface area contributed by atoms with Crippen LogP contribution in [0.4, 0.5) is 28.7 Å². The monoisotopic (exact) mass is 762 g/mol. The smallest absolute Gasteiger partial charge is 0.270 e. The number of carbonyl (C=O) groups is 1. The molecule has 1 aliphatic heterocycles. The van der Waals surface area contributed by atoms with Gasteiger partial charge in [-0.05, 0) is 37.1 Å². The van der Waals surface area contributed by atoms with Crippen molar-refractivity contribution in [3.8, 4) is 5.88 Å². The number of aromatic nitrogens is 6. The number of aromatic hydroxyl groups is 1. The molecule has 1 amide bonds.